The smallest absolute Gasteiger partial charge is 0.327 e. The average molecular weight is 289 g/mol. The van der Waals surface area contributed by atoms with Crippen LogP contribution in [0.3, 0.4) is 0 Å². The van der Waals surface area contributed by atoms with Crippen molar-refractivity contribution in [2.75, 3.05) is 51.0 Å². The van der Waals surface area contributed by atoms with Gasteiger partial charge in [-0.25, -0.2) is 9.59 Å². The third-order valence-corrected chi connectivity index (χ3v) is 4.25. The number of thioether (sulfide) groups is 1. The molecule has 0 saturated carbocycles. The molecule has 0 aromatic rings. The number of carbonyl (C=O) groups is 2. The fourth-order valence-corrected chi connectivity index (χ4v) is 3.24. The molecule has 8 heteroatoms. The lowest BCUT2D eigenvalue weighted by Crippen LogP contribution is -2.49. The highest BCUT2D eigenvalue weighted by Crippen LogP contribution is 2.20. The Morgan fingerprint density at radius 1 is 1.37 bits per heavy atom. The molecule has 2 amide bonds. The van der Waals surface area contributed by atoms with E-state index in [0.29, 0.717) is 18.2 Å². The van der Waals surface area contributed by atoms with Crippen molar-refractivity contribution in [2.24, 2.45) is 0 Å². The van der Waals surface area contributed by atoms with Crippen LogP contribution in [0, 0.1) is 0 Å². The second-order valence-electron chi connectivity index (χ2n) is 4.51. The summed E-state index contributed by atoms with van der Waals surface area (Å²) in [6.45, 7) is 4.54. The van der Waals surface area contributed by atoms with Gasteiger partial charge in [0.15, 0.2) is 0 Å². The molecule has 2 aliphatic heterocycles. The van der Waals surface area contributed by atoms with Gasteiger partial charge >= 0.3 is 12.0 Å². The zero-order valence-electron chi connectivity index (χ0n) is 10.7. The van der Waals surface area contributed by atoms with Gasteiger partial charge in [-0.05, 0) is 0 Å². The Labute approximate surface area is 116 Å². The van der Waals surface area contributed by atoms with Gasteiger partial charge in [-0.3, -0.25) is 4.90 Å². The number of morpholine rings is 1. The van der Waals surface area contributed by atoms with Gasteiger partial charge in [-0.2, -0.15) is 0 Å². The van der Waals surface area contributed by atoms with Gasteiger partial charge in [0.25, 0.3) is 0 Å². The quantitative estimate of drug-likeness (QED) is 0.725. The molecular weight excluding hydrogens is 270 g/mol. The Morgan fingerprint density at radius 2 is 2.11 bits per heavy atom. The third-order valence-electron chi connectivity index (χ3n) is 3.24. The summed E-state index contributed by atoms with van der Waals surface area (Å²) in [5.74, 6) is -0.0274. The van der Waals surface area contributed by atoms with Crippen LogP contribution in [0.2, 0.25) is 0 Å². The number of aliphatic carboxylic acids is 1. The Kier molecular flexibility index (Phi) is 5.29. The van der Waals surface area contributed by atoms with Crippen LogP contribution in [-0.2, 0) is 9.53 Å². The molecule has 1 atom stereocenters. The van der Waals surface area contributed by atoms with E-state index in [2.05, 4.69) is 10.2 Å². The number of carbonyl (C=O) groups excluding carboxylic acids is 1. The number of nitrogens with one attached hydrogen (secondary N) is 1. The van der Waals surface area contributed by atoms with Gasteiger partial charge in [-0.1, -0.05) is 0 Å². The van der Waals surface area contributed by atoms with E-state index in [-0.39, 0.29) is 6.03 Å². The maximum absolute atomic E-state index is 11.9. The highest BCUT2D eigenvalue weighted by molar-refractivity contribution is 7.99. The summed E-state index contributed by atoms with van der Waals surface area (Å²) in [4.78, 5) is 26.5. The SMILES string of the molecule is O=C(O)[C@@H]1CSCN1C(=O)NCCN1CCOCC1. The van der Waals surface area contributed by atoms with Crippen molar-refractivity contribution in [3.63, 3.8) is 0 Å². The summed E-state index contributed by atoms with van der Waals surface area (Å²) in [7, 11) is 0. The zero-order valence-corrected chi connectivity index (χ0v) is 11.5. The number of amides is 2. The average Bonchev–Trinajstić information content (AvgIpc) is 2.89. The fraction of sp³-hybridized carbons (Fsp3) is 0.818. The van der Waals surface area contributed by atoms with Crippen LogP contribution >= 0.6 is 11.8 Å². The molecule has 0 aromatic carbocycles. The van der Waals surface area contributed by atoms with Crippen molar-refractivity contribution >= 4 is 23.8 Å². The molecule has 2 saturated heterocycles. The van der Waals surface area contributed by atoms with Gasteiger partial charge in [0.2, 0.25) is 0 Å². The first-order valence-corrected chi connectivity index (χ1v) is 7.49. The van der Waals surface area contributed by atoms with Gasteiger partial charge < -0.3 is 20.1 Å². The first kappa shape index (κ1) is 14.4. The van der Waals surface area contributed by atoms with Gasteiger partial charge in [0.1, 0.15) is 6.04 Å². The topological polar surface area (TPSA) is 82.1 Å². The molecule has 108 valence electrons. The minimum Gasteiger partial charge on any atom is -0.480 e. The second-order valence-corrected chi connectivity index (χ2v) is 5.51. The van der Waals surface area contributed by atoms with E-state index < -0.39 is 12.0 Å². The standard InChI is InChI=1S/C11H19N3O4S/c15-10(16)9-7-19-8-14(9)11(17)12-1-2-13-3-5-18-6-4-13/h9H,1-8H2,(H,12,17)(H,15,16)/t9-/m0/s1. The molecule has 0 spiro atoms. The van der Waals surface area contributed by atoms with E-state index in [1.54, 1.807) is 0 Å². The number of rotatable bonds is 4. The number of carboxylic acids is 1. The van der Waals surface area contributed by atoms with E-state index in [4.69, 9.17) is 9.84 Å². The number of hydrogen-bond donors (Lipinski definition) is 2. The Balaban J connectivity index is 1.70. The largest absolute Gasteiger partial charge is 0.480 e. The second kappa shape index (κ2) is 6.97. The number of carboxylic acid groups (broad SMARTS) is 1. The molecule has 0 aliphatic carbocycles. The summed E-state index contributed by atoms with van der Waals surface area (Å²) in [6.07, 6.45) is 0. The maximum atomic E-state index is 11.9. The van der Waals surface area contributed by atoms with Gasteiger partial charge in [0, 0.05) is 31.9 Å². The van der Waals surface area contributed by atoms with E-state index in [0.717, 1.165) is 32.8 Å². The van der Waals surface area contributed by atoms with E-state index in [1.807, 2.05) is 0 Å². The molecule has 0 unspecified atom stereocenters. The lowest BCUT2D eigenvalue weighted by molar-refractivity contribution is -0.140. The first-order chi connectivity index (χ1) is 9.18. The van der Waals surface area contributed by atoms with E-state index in [9.17, 15) is 9.59 Å². The molecule has 2 heterocycles. The Hall–Kier alpha value is -0.990. The molecular formula is C11H19N3O4S. The molecule has 19 heavy (non-hydrogen) atoms. The van der Waals surface area contributed by atoms with Crippen molar-refractivity contribution < 1.29 is 19.4 Å². The van der Waals surface area contributed by atoms with Crippen molar-refractivity contribution in [3.8, 4) is 0 Å². The summed E-state index contributed by atoms with van der Waals surface area (Å²) in [6, 6.07) is -0.987. The lowest BCUT2D eigenvalue weighted by atomic mass is 10.3. The van der Waals surface area contributed by atoms with Crippen molar-refractivity contribution in [1.82, 2.24) is 15.1 Å². The van der Waals surface area contributed by atoms with Crippen molar-refractivity contribution in [1.29, 1.82) is 0 Å². The Morgan fingerprint density at radius 3 is 2.79 bits per heavy atom. The van der Waals surface area contributed by atoms with Crippen LogP contribution < -0.4 is 5.32 Å². The highest BCUT2D eigenvalue weighted by atomic mass is 32.2. The van der Waals surface area contributed by atoms with Crippen LogP contribution in [0.15, 0.2) is 0 Å². The van der Waals surface area contributed by atoms with Crippen LogP contribution in [0.5, 0.6) is 0 Å². The third kappa shape index (κ3) is 3.99. The van der Waals surface area contributed by atoms with Crippen LogP contribution in [0.25, 0.3) is 0 Å². The van der Waals surface area contributed by atoms with Crippen LogP contribution in [0.4, 0.5) is 4.79 Å². The molecule has 0 bridgehead atoms. The predicted octanol–water partition coefficient (Wildman–Crippen LogP) is -0.512. The molecule has 0 aromatic heterocycles. The number of ether oxygens (including phenoxy) is 1. The van der Waals surface area contributed by atoms with Gasteiger partial charge in [-0.15, -0.1) is 11.8 Å². The molecule has 0 radical (unpaired) electrons. The van der Waals surface area contributed by atoms with Gasteiger partial charge in [0.05, 0.1) is 19.1 Å². The minimum absolute atomic E-state index is 0.286. The van der Waals surface area contributed by atoms with Crippen molar-refractivity contribution in [3.05, 3.63) is 0 Å². The maximum Gasteiger partial charge on any atom is 0.327 e. The number of urea groups is 1. The predicted molar refractivity (Wildman–Crippen MR) is 71.2 cm³/mol. The monoisotopic (exact) mass is 289 g/mol. The summed E-state index contributed by atoms with van der Waals surface area (Å²) in [5, 5.41) is 11.8. The molecule has 2 N–H and O–H groups in total. The van der Waals surface area contributed by atoms with Crippen LogP contribution in [0.1, 0.15) is 0 Å². The van der Waals surface area contributed by atoms with Crippen LogP contribution in [-0.4, -0.2) is 84.0 Å². The van der Waals surface area contributed by atoms with E-state index >= 15 is 0 Å². The minimum atomic E-state index is -0.937. The Bertz CT molecular complexity index is 336. The molecule has 2 aliphatic rings. The summed E-state index contributed by atoms with van der Waals surface area (Å²) in [5.41, 5.74) is 0. The lowest BCUT2D eigenvalue weighted by Gasteiger charge is -2.27. The number of hydrogen-bond acceptors (Lipinski definition) is 5. The first-order valence-electron chi connectivity index (χ1n) is 6.33. The number of nitrogens with zero attached hydrogens (tertiary/aromatic N) is 2. The summed E-state index contributed by atoms with van der Waals surface area (Å²) < 4.78 is 5.24. The zero-order chi connectivity index (χ0) is 13.7. The highest BCUT2D eigenvalue weighted by Gasteiger charge is 2.34. The molecule has 2 rings (SSSR count). The molecule has 2 fully saturated rings. The van der Waals surface area contributed by atoms with E-state index in [1.165, 1.54) is 16.7 Å². The van der Waals surface area contributed by atoms with Crippen molar-refractivity contribution in [2.45, 2.75) is 6.04 Å². The summed E-state index contributed by atoms with van der Waals surface area (Å²) >= 11 is 1.47. The normalized spacial score (nSPS) is 24.4. The molecule has 7 nitrogen and oxygen atoms in total. The fourth-order valence-electron chi connectivity index (χ4n) is 2.09.